The van der Waals surface area contributed by atoms with Crippen LogP contribution >= 0.6 is 0 Å². The van der Waals surface area contributed by atoms with Gasteiger partial charge in [-0.05, 0) is 24.6 Å². The Labute approximate surface area is 116 Å². The van der Waals surface area contributed by atoms with E-state index in [1.165, 1.54) is 12.1 Å². The van der Waals surface area contributed by atoms with Gasteiger partial charge in [-0.25, -0.2) is 4.39 Å². The molecule has 2 aromatic rings. The van der Waals surface area contributed by atoms with Crippen LogP contribution in [0.2, 0.25) is 0 Å². The van der Waals surface area contributed by atoms with Gasteiger partial charge in [0, 0.05) is 11.1 Å². The van der Waals surface area contributed by atoms with Gasteiger partial charge in [0.2, 0.25) is 0 Å². The lowest BCUT2D eigenvalue weighted by atomic mass is 10.1. The maximum absolute atomic E-state index is 13.4. The average molecular weight is 271 g/mol. The molecule has 2 rings (SSSR count). The van der Waals surface area contributed by atoms with Gasteiger partial charge in [-0.15, -0.1) is 0 Å². The van der Waals surface area contributed by atoms with Gasteiger partial charge in [0.1, 0.15) is 5.82 Å². The standard InChI is InChI=1S/C16H14FNO2/c1-11-7-8-13(9-14(11)17)16(20)18-10-15(19)12-5-3-2-4-6-12/h2-9H,10H2,1H3,(H,18,20). The molecule has 0 radical (unpaired) electrons. The van der Waals surface area contributed by atoms with E-state index in [1.54, 1.807) is 31.2 Å². The topological polar surface area (TPSA) is 46.2 Å². The minimum absolute atomic E-state index is 0.113. The van der Waals surface area contributed by atoms with Crippen molar-refractivity contribution in [2.24, 2.45) is 0 Å². The number of ketones is 1. The van der Waals surface area contributed by atoms with Crippen LogP contribution < -0.4 is 5.32 Å². The highest BCUT2D eigenvalue weighted by Gasteiger charge is 2.10. The zero-order chi connectivity index (χ0) is 14.5. The van der Waals surface area contributed by atoms with E-state index >= 15 is 0 Å². The number of hydrogen-bond donors (Lipinski definition) is 1. The van der Waals surface area contributed by atoms with Crippen LogP contribution in [0.25, 0.3) is 0 Å². The maximum atomic E-state index is 13.4. The molecule has 1 amide bonds. The summed E-state index contributed by atoms with van der Waals surface area (Å²) in [6.45, 7) is 1.51. The fourth-order valence-electron chi connectivity index (χ4n) is 1.72. The third kappa shape index (κ3) is 3.29. The first-order valence-electron chi connectivity index (χ1n) is 6.20. The Kier molecular flexibility index (Phi) is 4.25. The van der Waals surface area contributed by atoms with Crippen molar-refractivity contribution in [2.75, 3.05) is 6.54 Å². The molecule has 0 aliphatic rings. The van der Waals surface area contributed by atoms with Gasteiger partial charge in [0.25, 0.3) is 5.91 Å². The molecule has 0 saturated carbocycles. The molecule has 2 aromatic carbocycles. The second kappa shape index (κ2) is 6.10. The van der Waals surface area contributed by atoms with Crippen LogP contribution in [0.15, 0.2) is 48.5 Å². The fraction of sp³-hybridized carbons (Fsp3) is 0.125. The molecule has 0 aliphatic heterocycles. The van der Waals surface area contributed by atoms with Crippen molar-refractivity contribution in [1.82, 2.24) is 5.32 Å². The summed E-state index contributed by atoms with van der Waals surface area (Å²) >= 11 is 0. The van der Waals surface area contributed by atoms with Crippen LogP contribution in [0.4, 0.5) is 4.39 Å². The summed E-state index contributed by atoms with van der Waals surface area (Å²) < 4.78 is 13.4. The number of nitrogens with one attached hydrogen (secondary N) is 1. The number of carbonyl (C=O) groups excluding carboxylic acids is 2. The zero-order valence-corrected chi connectivity index (χ0v) is 11.0. The SMILES string of the molecule is Cc1ccc(C(=O)NCC(=O)c2ccccc2)cc1F. The van der Waals surface area contributed by atoms with Crippen molar-refractivity contribution in [1.29, 1.82) is 0 Å². The van der Waals surface area contributed by atoms with Crippen molar-refractivity contribution in [3.63, 3.8) is 0 Å². The van der Waals surface area contributed by atoms with Crippen LogP contribution in [0, 0.1) is 12.7 Å². The predicted octanol–water partition coefficient (Wildman–Crippen LogP) is 2.75. The molecular formula is C16H14FNO2. The third-order valence-corrected chi connectivity index (χ3v) is 2.94. The minimum atomic E-state index is -0.465. The monoisotopic (exact) mass is 271 g/mol. The lowest BCUT2D eigenvalue weighted by molar-refractivity contribution is 0.0904. The van der Waals surface area contributed by atoms with E-state index in [-0.39, 0.29) is 17.9 Å². The Balaban J connectivity index is 1.98. The van der Waals surface area contributed by atoms with Crippen LogP contribution in [-0.4, -0.2) is 18.2 Å². The average Bonchev–Trinajstić information content (AvgIpc) is 2.48. The summed E-state index contributed by atoms with van der Waals surface area (Å²) in [7, 11) is 0. The molecule has 0 aliphatic carbocycles. The second-order valence-corrected chi connectivity index (χ2v) is 4.44. The van der Waals surface area contributed by atoms with Crippen molar-refractivity contribution in [3.05, 3.63) is 71.0 Å². The summed E-state index contributed by atoms with van der Waals surface area (Å²) in [6.07, 6.45) is 0. The first-order valence-corrected chi connectivity index (χ1v) is 6.20. The smallest absolute Gasteiger partial charge is 0.251 e. The summed E-state index contributed by atoms with van der Waals surface area (Å²) in [6, 6.07) is 12.9. The molecule has 0 fully saturated rings. The Morgan fingerprint density at radius 1 is 1.05 bits per heavy atom. The highest BCUT2D eigenvalue weighted by molar-refractivity contribution is 6.02. The Morgan fingerprint density at radius 3 is 2.40 bits per heavy atom. The molecule has 1 N–H and O–H groups in total. The van der Waals surface area contributed by atoms with E-state index in [1.807, 2.05) is 6.07 Å². The summed E-state index contributed by atoms with van der Waals surface area (Å²) in [5.41, 5.74) is 1.21. The zero-order valence-electron chi connectivity index (χ0n) is 11.0. The van der Waals surface area contributed by atoms with Gasteiger partial charge >= 0.3 is 0 Å². The van der Waals surface area contributed by atoms with E-state index in [0.717, 1.165) is 6.07 Å². The Bertz CT molecular complexity index is 638. The maximum Gasteiger partial charge on any atom is 0.251 e. The van der Waals surface area contributed by atoms with Gasteiger partial charge in [-0.2, -0.15) is 0 Å². The number of Topliss-reactive ketones (excluding diaryl/α,β-unsaturated/α-hetero) is 1. The molecule has 102 valence electrons. The van der Waals surface area contributed by atoms with E-state index in [9.17, 15) is 14.0 Å². The molecule has 20 heavy (non-hydrogen) atoms. The fourth-order valence-corrected chi connectivity index (χ4v) is 1.72. The number of halogens is 1. The second-order valence-electron chi connectivity index (χ2n) is 4.44. The number of amides is 1. The van der Waals surface area contributed by atoms with Crippen LogP contribution in [0.1, 0.15) is 26.3 Å². The van der Waals surface area contributed by atoms with Crippen molar-refractivity contribution >= 4 is 11.7 Å². The van der Waals surface area contributed by atoms with E-state index < -0.39 is 11.7 Å². The predicted molar refractivity (Wildman–Crippen MR) is 74.2 cm³/mol. The molecule has 0 bridgehead atoms. The van der Waals surface area contributed by atoms with Crippen LogP contribution in [0.5, 0.6) is 0 Å². The van der Waals surface area contributed by atoms with E-state index in [2.05, 4.69) is 5.32 Å². The largest absolute Gasteiger partial charge is 0.345 e. The number of carbonyl (C=O) groups is 2. The normalized spacial score (nSPS) is 10.1. The number of hydrogen-bond acceptors (Lipinski definition) is 2. The molecule has 0 aromatic heterocycles. The first kappa shape index (κ1) is 13.9. The van der Waals surface area contributed by atoms with Crippen molar-refractivity contribution in [2.45, 2.75) is 6.92 Å². The first-order chi connectivity index (χ1) is 9.58. The lowest BCUT2D eigenvalue weighted by Crippen LogP contribution is -2.29. The van der Waals surface area contributed by atoms with E-state index in [4.69, 9.17) is 0 Å². The van der Waals surface area contributed by atoms with Gasteiger partial charge in [-0.1, -0.05) is 36.4 Å². The van der Waals surface area contributed by atoms with Gasteiger partial charge in [0.15, 0.2) is 5.78 Å². The third-order valence-electron chi connectivity index (χ3n) is 2.94. The van der Waals surface area contributed by atoms with Crippen LogP contribution in [-0.2, 0) is 0 Å². The van der Waals surface area contributed by atoms with Crippen molar-refractivity contribution in [3.8, 4) is 0 Å². The van der Waals surface area contributed by atoms with Crippen LogP contribution in [0.3, 0.4) is 0 Å². The molecule has 0 heterocycles. The molecule has 0 atom stereocenters. The van der Waals surface area contributed by atoms with Gasteiger partial charge in [-0.3, -0.25) is 9.59 Å². The quantitative estimate of drug-likeness (QED) is 0.869. The van der Waals surface area contributed by atoms with E-state index in [0.29, 0.717) is 11.1 Å². The summed E-state index contributed by atoms with van der Waals surface area (Å²) in [5, 5.41) is 2.49. The highest BCUT2D eigenvalue weighted by Crippen LogP contribution is 2.09. The number of rotatable bonds is 4. The van der Waals surface area contributed by atoms with Crippen molar-refractivity contribution < 1.29 is 14.0 Å². The molecule has 4 heteroatoms. The highest BCUT2D eigenvalue weighted by atomic mass is 19.1. The summed E-state index contributed by atoms with van der Waals surface area (Å²) in [5.74, 6) is -1.09. The molecule has 0 unspecified atom stereocenters. The van der Waals surface area contributed by atoms with Gasteiger partial charge < -0.3 is 5.32 Å². The molecular weight excluding hydrogens is 257 g/mol. The number of aryl methyl sites for hydroxylation is 1. The number of benzene rings is 2. The Hall–Kier alpha value is -2.49. The molecule has 3 nitrogen and oxygen atoms in total. The Morgan fingerprint density at radius 2 is 1.75 bits per heavy atom. The summed E-state index contributed by atoms with van der Waals surface area (Å²) in [4.78, 5) is 23.6. The molecule has 0 spiro atoms. The lowest BCUT2D eigenvalue weighted by Gasteiger charge is -2.05. The van der Waals surface area contributed by atoms with Gasteiger partial charge in [0.05, 0.1) is 6.54 Å². The minimum Gasteiger partial charge on any atom is -0.345 e. The molecule has 0 saturated heterocycles.